The number of likely N-dealkylation sites (tertiary alicyclic amines) is 1. The summed E-state index contributed by atoms with van der Waals surface area (Å²) in [5.74, 6) is -0.311. The number of rotatable bonds is 6. The zero-order chi connectivity index (χ0) is 23.1. The van der Waals surface area contributed by atoms with Crippen molar-refractivity contribution >= 4 is 12.1 Å². The van der Waals surface area contributed by atoms with Crippen LogP contribution in [0.3, 0.4) is 0 Å². The van der Waals surface area contributed by atoms with Gasteiger partial charge in [-0.3, -0.25) is 0 Å². The van der Waals surface area contributed by atoms with Gasteiger partial charge in [0.2, 0.25) is 0 Å². The molecule has 0 unspecified atom stereocenters. The molecular weight excluding hydrogens is 406 g/mol. The van der Waals surface area contributed by atoms with Crippen LogP contribution in [0.2, 0.25) is 0 Å². The zero-order valence-corrected chi connectivity index (χ0v) is 19.4. The highest BCUT2D eigenvalue weighted by Crippen LogP contribution is 2.20. The number of esters is 1. The fourth-order valence-electron chi connectivity index (χ4n) is 3.61. The standard InChI is InChI=1S/C26H33NO5/c1-19-16-21(10-11-23(19)24(28)32-26(2,3)4)18-30-22-12-14-27(15-13-22)25(29)31-17-20-8-6-5-7-9-20/h5-11,16,22H,12-15,17-18H2,1-4H3. The average Bonchev–Trinajstić information content (AvgIpc) is 2.76. The maximum Gasteiger partial charge on any atom is 0.410 e. The molecule has 1 aliphatic heterocycles. The summed E-state index contributed by atoms with van der Waals surface area (Å²) in [6.07, 6.45) is 1.37. The monoisotopic (exact) mass is 439 g/mol. The van der Waals surface area contributed by atoms with Crippen molar-refractivity contribution in [1.29, 1.82) is 0 Å². The topological polar surface area (TPSA) is 65.1 Å². The molecule has 1 heterocycles. The van der Waals surface area contributed by atoms with Gasteiger partial charge < -0.3 is 19.1 Å². The third-order valence-electron chi connectivity index (χ3n) is 5.30. The SMILES string of the molecule is Cc1cc(COC2CCN(C(=O)OCc3ccccc3)CC2)ccc1C(=O)OC(C)(C)C. The lowest BCUT2D eigenvalue weighted by atomic mass is 10.0. The third kappa shape index (κ3) is 7.09. The Bertz CT molecular complexity index is 912. The summed E-state index contributed by atoms with van der Waals surface area (Å²) in [6.45, 7) is 9.48. The third-order valence-corrected chi connectivity index (χ3v) is 5.30. The molecule has 6 heteroatoms. The van der Waals surface area contributed by atoms with Gasteiger partial charge in [0.15, 0.2) is 0 Å². The molecule has 0 bridgehead atoms. The van der Waals surface area contributed by atoms with E-state index in [0.29, 0.717) is 25.3 Å². The normalized spacial score (nSPS) is 14.8. The van der Waals surface area contributed by atoms with Crippen molar-refractivity contribution in [1.82, 2.24) is 4.90 Å². The van der Waals surface area contributed by atoms with Crippen LogP contribution < -0.4 is 0 Å². The van der Waals surface area contributed by atoms with E-state index < -0.39 is 5.60 Å². The molecule has 3 rings (SSSR count). The average molecular weight is 440 g/mol. The van der Waals surface area contributed by atoms with Crippen LogP contribution in [0.15, 0.2) is 48.5 Å². The van der Waals surface area contributed by atoms with Crippen molar-refractivity contribution in [3.05, 3.63) is 70.8 Å². The van der Waals surface area contributed by atoms with Crippen LogP contribution in [0.25, 0.3) is 0 Å². The van der Waals surface area contributed by atoms with E-state index in [2.05, 4.69) is 0 Å². The van der Waals surface area contributed by atoms with Crippen LogP contribution in [0.5, 0.6) is 0 Å². The Balaban J connectivity index is 1.42. The Morgan fingerprint density at radius 3 is 2.28 bits per heavy atom. The predicted molar refractivity (Wildman–Crippen MR) is 122 cm³/mol. The predicted octanol–water partition coefficient (Wildman–Crippen LogP) is 5.27. The van der Waals surface area contributed by atoms with Crippen LogP contribution in [0.4, 0.5) is 4.79 Å². The Morgan fingerprint density at radius 2 is 1.66 bits per heavy atom. The summed E-state index contributed by atoms with van der Waals surface area (Å²) < 4.78 is 16.9. The van der Waals surface area contributed by atoms with Gasteiger partial charge in [0, 0.05) is 13.1 Å². The van der Waals surface area contributed by atoms with E-state index in [0.717, 1.165) is 29.5 Å². The second-order valence-electron chi connectivity index (χ2n) is 9.19. The van der Waals surface area contributed by atoms with Crippen LogP contribution in [0, 0.1) is 6.92 Å². The van der Waals surface area contributed by atoms with Crippen LogP contribution in [-0.2, 0) is 27.4 Å². The number of nitrogens with zero attached hydrogens (tertiary/aromatic N) is 1. The van der Waals surface area contributed by atoms with Crippen LogP contribution in [-0.4, -0.2) is 41.8 Å². The molecule has 0 aliphatic carbocycles. The van der Waals surface area contributed by atoms with Crippen molar-refractivity contribution in [2.24, 2.45) is 0 Å². The minimum absolute atomic E-state index is 0.0963. The Labute approximate surface area is 190 Å². The Kier molecular flexibility index (Phi) is 7.91. The maximum absolute atomic E-state index is 12.3. The van der Waals surface area contributed by atoms with Crippen molar-refractivity contribution < 1.29 is 23.8 Å². The number of hydrogen-bond donors (Lipinski definition) is 0. The number of carbonyl (C=O) groups is 2. The molecule has 6 nitrogen and oxygen atoms in total. The summed E-state index contributed by atoms with van der Waals surface area (Å²) in [4.78, 5) is 26.3. The van der Waals surface area contributed by atoms with Gasteiger partial charge >= 0.3 is 12.1 Å². The molecule has 0 N–H and O–H groups in total. The van der Waals surface area contributed by atoms with E-state index in [1.54, 1.807) is 11.0 Å². The largest absolute Gasteiger partial charge is 0.456 e. The summed E-state index contributed by atoms with van der Waals surface area (Å²) in [6, 6.07) is 15.3. The van der Waals surface area contributed by atoms with Gasteiger partial charge in [-0.15, -0.1) is 0 Å². The van der Waals surface area contributed by atoms with Gasteiger partial charge in [0.1, 0.15) is 12.2 Å². The fraction of sp³-hybridized carbons (Fsp3) is 0.462. The first kappa shape index (κ1) is 23.8. The van der Waals surface area contributed by atoms with Crippen molar-refractivity contribution in [2.75, 3.05) is 13.1 Å². The molecule has 1 fully saturated rings. The van der Waals surface area contributed by atoms with E-state index in [9.17, 15) is 9.59 Å². The van der Waals surface area contributed by atoms with Gasteiger partial charge in [-0.25, -0.2) is 9.59 Å². The molecule has 0 aromatic heterocycles. The number of amides is 1. The van der Waals surface area contributed by atoms with Crippen molar-refractivity contribution in [3.63, 3.8) is 0 Å². The van der Waals surface area contributed by atoms with Crippen molar-refractivity contribution in [2.45, 2.75) is 65.5 Å². The number of piperidine rings is 1. The molecule has 0 saturated carbocycles. The summed E-state index contributed by atoms with van der Waals surface area (Å²) in [5, 5.41) is 0. The second-order valence-corrected chi connectivity index (χ2v) is 9.19. The molecule has 1 aliphatic rings. The first-order valence-corrected chi connectivity index (χ1v) is 11.1. The van der Waals surface area contributed by atoms with Gasteiger partial charge in [0.05, 0.1) is 18.3 Å². The van der Waals surface area contributed by atoms with E-state index in [1.165, 1.54) is 0 Å². The highest BCUT2D eigenvalue weighted by atomic mass is 16.6. The molecule has 172 valence electrons. The molecule has 0 atom stereocenters. The van der Waals surface area contributed by atoms with Crippen LogP contribution in [0.1, 0.15) is 60.7 Å². The first-order chi connectivity index (χ1) is 15.2. The number of ether oxygens (including phenoxy) is 3. The smallest absolute Gasteiger partial charge is 0.410 e. The second kappa shape index (κ2) is 10.6. The quantitative estimate of drug-likeness (QED) is 0.574. The molecule has 32 heavy (non-hydrogen) atoms. The lowest BCUT2D eigenvalue weighted by molar-refractivity contribution is -0.00414. The summed E-state index contributed by atoms with van der Waals surface area (Å²) in [5.41, 5.74) is 2.92. The van der Waals surface area contributed by atoms with Crippen molar-refractivity contribution in [3.8, 4) is 0 Å². The van der Waals surface area contributed by atoms with Gasteiger partial charge in [-0.1, -0.05) is 42.5 Å². The minimum Gasteiger partial charge on any atom is -0.456 e. The molecule has 1 saturated heterocycles. The number of carbonyl (C=O) groups excluding carboxylic acids is 2. The van der Waals surface area contributed by atoms with Gasteiger partial charge in [-0.2, -0.15) is 0 Å². The molecule has 2 aromatic rings. The van der Waals surface area contributed by atoms with Crippen LogP contribution >= 0.6 is 0 Å². The zero-order valence-electron chi connectivity index (χ0n) is 19.4. The highest BCUT2D eigenvalue weighted by Gasteiger charge is 2.24. The lowest BCUT2D eigenvalue weighted by Crippen LogP contribution is -2.41. The molecule has 0 radical (unpaired) electrons. The Morgan fingerprint density at radius 1 is 0.969 bits per heavy atom. The molecule has 1 amide bonds. The van der Waals surface area contributed by atoms with E-state index in [1.807, 2.05) is 70.2 Å². The fourth-order valence-corrected chi connectivity index (χ4v) is 3.61. The van der Waals surface area contributed by atoms with E-state index >= 15 is 0 Å². The first-order valence-electron chi connectivity index (χ1n) is 11.1. The summed E-state index contributed by atoms with van der Waals surface area (Å²) in [7, 11) is 0. The van der Waals surface area contributed by atoms with Gasteiger partial charge in [0.25, 0.3) is 0 Å². The number of hydrogen-bond acceptors (Lipinski definition) is 5. The highest BCUT2D eigenvalue weighted by molar-refractivity contribution is 5.91. The summed E-state index contributed by atoms with van der Waals surface area (Å²) >= 11 is 0. The lowest BCUT2D eigenvalue weighted by Gasteiger charge is -2.31. The minimum atomic E-state index is -0.520. The number of aryl methyl sites for hydroxylation is 1. The molecule has 0 spiro atoms. The Hall–Kier alpha value is -2.86. The van der Waals surface area contributed by atoms with E-state index in [-0.39, 0.29) is 24.8 Å². The molecular formula is C26H33NO5. The van der Waals surface area contributed by atoms with E-state index in [4.69, 9.17) is 14.2 Å². The molecule has 2 aromatic carbocycles. The maximum atomic E-state index is 12.3. The number of benzene rings is 2. The van der Waals surface area contributed by atoms with Gasteiger partial charge in [-0.05, 0) is 63.3 Å².